The van der Waals surface area contributed by atoms with Gasteiger partial charge in [-0.2, -0.15) is 0 Å². The number of nitrogens with one attached hydrogen (secondary N) is 2. The van der Waals surface area contributed by atoms with Crippen LogP contribution in [0.2, 0.25) is 0 Å². The lowest BCUT2D eigenvalue weighted by Crippen LogP contribution is -2.30. The van der Waals surface area contributed by atoms with Crippen molar-refractivity contribution in [1.82, 2.24) is 15.5 Å². The van der Waals surface area contributed by atoms with Crippen molar-refractivity contribution in [2.45, 2.75) is 26.7 Å². The second-order valence-corrected chi connectivity index (χ2v) is 4.42. The highest BCUT2D eigenvalue weighted by molar-refractivity contribution is 5.86. The smallest absolute Gasteiger partial charge is 0.0163 e. The third-order valence-corrected chi connectivity index (χ3v) is 2.82. The highest BCUT2D eigenvalue weighted by atomic mass is 35.5. The van der Waals surface area contributed by atoms with Crippen molar-refractivity contribution < 1.29 is 0 Å². The van der Waals surface area contributed by atoms with E-state index in [1.807, 2.05) is 6.08 Å². The molecule has 0 aromatic carbocycles. The molecule has 0 saturated heterocycles. The fourth-order valence-corrected chi connectivity index (χ4v) is 1.82. The molecule has 8 heteroatoms. The maximum atomic E-state index is 5.47. The van der Waals surface area contributed by atoms with Gasteiger partial charge in [-0.1, -0.05) is 26.0 Å². The monoisotopic (exact) mass is 400 g/mol. The minimum Gasteiger partial charge on any atom is -0.327 e. The Balaban J connectivity index is -0.000000241. The summed E-state index contributed by atoms with van der Waals surface area (Å²) >= 11 is 0. The van der Waals surface area contributed by atoms with E-state index < -0.39 is 0 Å². The van der Waals surface area contributed by atoms with Crippen LogP contribution in [0.3, 0.4) is 0 Å². The van der Waals surface area contributed by atoms with Crippen molar-refractivity contribution >= 4 is 49.6 Å². The first-order valence-corrected chi connectivity index (χ1v) is 7.34. The zero-order valence-corrected chi connectivity index (χ0v) is 17.1. The molecular weight excluding hydrogens is 366 g/mol. The molecule has 0 aromatic rings. The lowest BCUT2D eigenvalue weighted by molar-refractivity contribution is 0.291. The van der Waals surface area contributed by atoms with Crippen molar-refractivity contribution in [1.29, 1.82) is 0 Å². The van der Waals surface area contributed by atoms with E-state index in [4.69, 9.17) is 5.73 Å². The molecule has 0 heterocycles. The van der Waals surface area contributed by atoms with E-state index in [9.17, 15) is 0 Å². The van der Waals surface area contributed by atoms with Gasteiger partial charge >= 0.3 is 0 Å². The van der Waals surface area contributed by atoms with Crippen molar-refractivity contribution in [2.24, 2.45) is 5.73 Å². The summed E-state index contributed by atoms with van der Waals surface area (Å²) in [5.74, 6) is 0. The fraction of sp³-hybridized carbons (Fsp3) is 0.857. The Hall–Kier alpha value is 0.740. The van der Waals surface area contributed by atoms with Gasteiger partial charge in [-0.25, -0.2) is 0 Å². The van der Waals surface area contributed by atoms with E-state index in [-0.39, 0.29) is 49.6 Å². The van der Waals surface area contributed by atoms with Crippen molar-refractivity contribution in [3.8, 4) is 0 Å². The van der Waals surface area contributed by atoms with E-state index in [0.717, 1.165) is 45.8 Å². The van der Waals surface area contributed by atoms with Gasteiger partial charge in [-0.3, -0.25) is 4.90 Å². The predicted octanol–water partition coefficient (Wildman–Crippen LogP) is 2.49. The lowest BCUT2D eigenvalue weighted by Gasteiger charge is -2.20. The number of halogens is 4. The van der Waals surface area contributed by atoms with Gasteiger partial charge in [-0.05, 0) is 52.1 Å². The minimum absolute atomic E-state index is 0. The summed E-state index contributed by atoms with van der Waals surface area (Å²) in [5.41, 5.74) is 5.47. The van der Waals surface area contributed by atoms with Crippen LogP contribution in [0.1, 0.15) is 26.7 Å². The molecular formula is C14H36Cl4N4. The Kier molecular flexibility index (Phi) is 46.1. The largest absolute Gasteiger partial charge is 0.327 e. The molecule has 4 nitrogen and oxygen atoms in total. The predicted molar refractivity (Wildman–Crippen MR) is 110 cm³/mol. The van der Waals surface area contributed by atoms with Crippen LogP contribution in [0.5, 0.6) is 0 Å². The minimum atomic E-state index is 0. The molecule has 0 unspecified atom stereocenters. The highest BCUT2D eigenvalue weighted by Crippen LogP contribution is 1.94. The number of rotatable bonds is 13. The van der Waals surface area contributed by atoms with Gasteiger partial charge in [0.25, 0.3) is 0 Å². The van der Waals surface area contributed by atoms with Crippen LogP contribution in [0.15, 0.2) is 12.2 Å². The van der Waals surface area contributed by atoms with Gasteiger partial charge in [0.1, 0.15) is 0 Å². The first-order chi connectivity index (χ1) is 8.85. The molecule has 140 valence electrons. The molecule has 0 spiro atoms. The van der Waals surface area contributed by atoms with Gasteiger partial charge in [0, 0.05) is 13.1 Å². The zero-order chi connectivity index (χ0) is 13.5. The molecule has 0 radical (unpaired) electrons. The van der Waals surface area contributed by atoms with E-state index in [1.54, 1.807) is 0 Å². The molecule has 0 aromatic heterocycles. The van der Waals surface area contributed by atoms with E-state index in [2.05, 4.69) is 35.5 Å². The molecule has 0 aliphatic rings. The van der Waals surface area contributed by atoms with E-state index in [0.29, 0.717) is 6.54 Å². The molecule has 0 amide bonds. The van der Waals surface area contributed by atoms with Crippen molar-refractivity contribution in [3.63, 3.8) is 0 Å². The van der Waals surface area contributed by atoms with Gasteiger partial charge in [-0.15, -0.1) is 49.6 Å². The average Bonchev–Trinajstić information content (AvgIpc) is 2.39. The molecule has 0 aliphatic carbocycles. The van der Waals surface area contributed by atoms with Gasteiger partial charge in [0.05, 0.1) is 0 Å². The molecule has 0 fully saturated rings. The van der Waals surface area contributed by atoms with Gasteiger partial charge in [0.15, 0.2) is 0 Å². The SMILES string of the molecule is CCNCCCN(C/C=C\CN)CCCNCC.Cl.Cl.Cl.Cl. The summed E-state index contributed by atoms with van der Waals surface area (Å²) in [7, 11) is 0. The summed E-state index contributed by atoms with van der Waals surface area (Å²) in [5, 5.41) is 6.74. The third kappa shape index (κ3) is 25.7. The topological polar surface area (TPSA) is 53.3 Å². The van der Waals surface area contributed by atoms with Crippen LogP contribution >= 0.6 is 49.6 Å². The third-order valence-electron chi connectivity index (χ3n) is 2.82. The van der Waals surface area contributed by atoms with Gasteiger partial charge in [0.2, 0.25) is 0 Å². The number of hydrogen-bond donors (Lipinski definition) is 3. The van der Waals surface area contributed by atoms with Crippen LogP contribution in [0.4, 0.5) is 0 Å². The molecule has 0 aliphatic heterocycles. The maximum absolute atomic E-state index is 5.47. The second-order valence-electron chi connectivity index (χ2n) is 4.42. The van der Waals surface area contributed by atoms with Crippen molar-refractivity contribution in [3.05, 3.63) is 12.2 Å². The fourth-order valence-electron chi connectivity index (χ4n) is 1.82. The summed E-state index contributed by atoms with van der Waals surface area (Å²) < 4.78 is 0. The Labute approximate surface area is 162 Å². The average molecular weight is 402 g/mol. The number of hydrogen-bond acceptors (Lipinski definition) is 4. The van der Waals surface area contributed by atoms with Crippen LogP contribution < -0.4 is 16.4 Å². The molecule has 22 heavy (non-hydrogen) atoms. The van der Waals surface area contributed by atoms with E-state index >= 15 is 0 Å². The Morgan fingerprint density at radius 1 is 0.818 bits per heavy atom. The summed E-state index contributed by atoms with van der Waals surface area (Å²) in [6.07, 6.45) is 6.65. The molecule has 0 saturated carbocycles. The standard InChI is InChI=1S/C14H32N4.4ClH/c1-3-16-10-7-13-18(12-6-5-9-15)14-8-11-17-4-2;;;;/h5-6,16-17H,3-4,7-15H2,1-2H3;4*1H/b6-5-;;;;. The molecule has 0 bridgehead atoms. The van der Waals surface area contributed by atoms with Crippen LogP contribution in [-0.2, 0) is 0 Å². The van der Waals surface area contributed by atoms with Gasteiger partial charge < -0.3 is 16.4 Å². The zero-order valence-electron chi connectivity index (χ0n) is 13.9. The number of nitrogens with two attached hydrogens (primary N) is 1. The summed E-state index contributed by atoms with van der Waals surface area (Å²) in [6.45, 7) is 12.6. The Morgan fingerprint density at radius 3 is 1.64 bits per heavy atom. The molecule has 0 atom stereocenters. The highest BCUT2D eigenvalue weighted by Gasteiger charge is 2.02. The summed E-state index contributed by atoms with van der Waals surface area (Å²) in [4.78, 5) is 2.50. The Morgan fingerprint density at radius 2 is 1.27 bits per heavy atom. The normalized spacial score (nSPS) is 9.64. The second kappa shape index (κ2) is 29.7. The van der Waals surface area contributed by atoms with Crippen molar-refractivity contribution in [2.75, 3.05) is 52.4 Å². The first kappa shape index (κ1) is 34.2. The molecule has 0 rings (SSSR count). The van der Waals surface area contributed by atoms with Crippen LogP contribution in [0, 0.1) is 0 Å². The quantitative estimate of drug-likeness (QED) is 0.327. The van der Waals surface area contributed by atoms with E-state index in [1.165, 1.54) is 12.8 Å². The Bertz CT molecular complexity index is 186. The summed E-state index contributed by atoms with van der Waals surface area (Å²) in [6, 6.07) is 0. The van der Waals surface area contributed by atoms with Crippen LogP contribution in [0.25, 0.3) is 0 Å². The van der Waals surface area contributed by atoms with Crippen LogP contribution in [-0.4, -0.2) is 57.3 Å². The maximum Gasteiger partial charge on any atom is 0.0163 e. The first-order valence-electron chi connectivity index (χ1n) is 7.34. The number of nitrogens with zero attached hydrogens (tertiary/aromatic N) is 1. The lowest BCUT2D eigenvalue weighted by atomic mass is 10.3. The molecule has 4 N–H and O–H groups in total.